The van der Waals surface area contributed by atoms with E-state index in [4.69, 9.17) is 23.5 Å². The van der Waals surface area contributed by atoms with Gasteiger partial charge in [0, 0.05) is 0 Å². The predicted octanol–water partition coefficient (Wildman–Crippen LogP) is -7.55. The zero-order valence-corrected chi connectivity index (χ0v) is 13.1. The fraction of sp³-hybridized carbons (Fsp3) is 0.667. The average Bonchev–Trinajstić information content (AvgIpc) is 1.59. The smallest absolute Gasteiger partial charge is 0.780 e. The summed E-state index contributed by atoms with van der Waals surface area (Å²) >= 11 is 3.24. The minimum absolute atomic E-state index is 0. The van der Waals surface area contributed by atoms with Crippen LogP contribution in [0, 0.1) is 0 Å². The second kappa shape index (κ2) is 11.8. The molecule has 0 rings (SSSR count). The van der Waals surface area contributed by atoms with E-state index in [9.17, 15) is 4.79 Å². The van der Waals surface area contributed by atoms with E-state index in [1.165, 1.54) is 6.92 Å². The molecular weight excluding hydrogens is 242 g/mol. The average molecular weight is 248 g/mol. The molecule has 0 aliphatic carbocycles. The molecule has 13 heavy (non-hydrogen) atoms. The fourth-order valence-electron chi connectivity index (χ4n) is 0. The van der Waals surface area contributed by atoms with E-state index in [1.807, 2.05) is 0 Å². The van der Waals surface area contributed by atoms with Crippen molar-refractivity contribution in [2.24, 2.45) is 0 Å². The van der Waals surface area contributed by atoms with Gasteiger partial charge in [0.15, 0.2) is 0 Å². The van der Waals surface area contributed by atoms with Crippen molar-refractivity contribution in [2.75, 3.05) is 0 Å². The van der Waals surface area contributed by atoms with E-state index in [-0.39, 0.29) is 59.1 Å². The third kappa shape index (κ3) is 57.6. The molecule has 0 saturated heterocycles. The summed E-state index contributed by atoms with van der Waals surface area (Å²) in [6.07, 6.45) is -1.23. The van der Waals surface area contributed by atoms with Gasteiger partial charge < -0.3 is 19.3 Å². The molecule has 0 fully saturated rings. The molecule has 0 heterocycles. The summed E-state index contributed by atoms with van der Waals surface area (Å²) < 4.78 is 26.7. The molecule has 0 aromatic carbocycles. The Labute approximate surface area is 125 Å². The van der Waals surface area contributed by atoms with Crippen LogP contribution in [0.5, 0.6) is 0 Å². The van der Waals surface area contributed by atoms with Crippen LogP contribution in [0.15, 0.2) is 0 Å². The van der Waals surface area contributed by atoms with E-state index in [1.54, 1.807) is 0 Å². The van der Waals surface area contributed by atoms with Gasteiger partial charge in [-0.15, -0.1) is 9.05 Å². The van der Waals surface area contributed by atoms with Crippen LogP contribution in [0.2, 0.25) is 0 Å². The first-order chi connectivity index (χ1) is 4.64. The molecule has 0 spiro atoms. The molecule has 0 aromatic heterocycles. The SMILES string of the molecule is CC(O)C(=O)O.O=S([O-])([O-])=S.[Na+].[Na+]. The Hall–Kier alpha value is 1.72. The van der Waals surface area contributed by atoms with Crippen molar-refractivity contribution in [1.29, 1.82) is 0 Å². The maximum atomic E-state index is 9.45. The third-order valence-corrected chi connectivity index (χ3v) is 0.357. The van der Waals surface area contributed by atoms with Gasteiger partial charge in [0.05, 0.1) is 0 Å². The molecule has 0 amide bonds. The Balaban J connectivity index is -0.0000000546. The number of hydrogen-bond donors (Lipinski definition) is 2. The van der Waals surface area contributed by atoms with Gasteiger partial charge in [0.25, 0.3) is 0 Å². The number of aliphatic hydroxyl groups is 1. The molecule has 1 unspecified atom stereocenters. The topological polar surface area (TPSA) is 121 Å². The summed E-state index contributed by atoms with van der Waals surface area (Å²) in [6, 6.07) is 0. The van der Waals surface area contributed by atoms with Crippen LogP contribution in [0.25, 0.3) is 0 Å². The summed E-state index contributed by atoms with van der Waals surface area (Å²) in [6.45, 7) is 1.20. The molecule has 10 heteroatoms. The monoisotopic (exact) mass is 248 g/mol. The largest absolute Gasteiger partial charge is 1.00 e. The van der Waals surface area contributed by atoms with Gasteiger partial charge in [-0.2, -0.15) is 0 Å². The van der Waals surface area contributed by atoms with Crippen LogP contribution in [-0.2, 0) is 25.0 Å². The molecule has 1 atom stereocenters. The number of aliphatic carboxylic acids is 1. The van der Waals surface area contributed by atoms with Crippen LogP contribution in [0.3, 0.4) is 0 Å². The summed E-state index contributed by atoms with van der Waals surface area (Å²) in [5.41, 5.74) is 0. The van der Waals surface area contributed by atoms with Gasteiger partial charge in [0.1, 0.15) is 6.10 Å². The molecule has 0 aromatic rings. The molecule has 6 nitrogen and oxygen atoms in total. The molecule has 0 bridgehead atoms. The Kier molecular flexibility index (Phi) is 21.9. The zero-order chi connectivity index (χ0) is 9.65. The Morgan fingerprint density at radius 3 is 1.54 bits per heavy atom. The summed E-state index contributed by atoms with van der Waals surface area (Å²) in [4.78, 5) is 9.45. The van der Waals surface area contributed by atoms with Crippen molar-refractivity contribution in [1.82, 2.24) is 0 Å². The number of carboxylic acid groups (broad SMARTS) is 1. The minimum Gasteiger partial charge on any atom is -0.780 e. The zero-order valence-electron chi connectivity index (χ0n) is 7.42. The van der Waals surface area contributed by atoms with Gasteiger partial charge in [-0.25, -0.2) is 4.79 Å². The van der Waals surface area contributed by atoms with Crippen LogP contribution in [-0.4, -0.2) is 35.6 Å². The van der Waals surface area contributed by atoms with Crippen molar-refractivity contribution in [3.63, 3.8) is 0 Å². The van der Waals surface area contributed by atoms with Gasteiger partial charge in [-0.3, -0.25) is 4.21 Å². The van der Waals surface area contributed by atoms with E-state index >= 15 is 0 Å². The van der Waals surface area contributed by atoms with E-state index < -0.39 is 21.1 Å². The first kappa shape index (κ1) is 24.1. The van der Waals surface area contributed by atoms with Gasteiger partial charge in [0.2, 0.25) is 0 Å². The van der Waals surface area contributed by atoms with Gasteiger partial charge in [-0.1, -0.05) is 0 Å². The van der Waals surface area contributed by atoms with E-state index in [0.29, 0.717) is 0 Å². The normalized spacial score (nSPS) is 10.8. The number of carbonyl (C=O) groups is 1. The van der Waals surface area contributed by atoms with Gasteiger partial charge in [-0.05, 0) is 18.1 Å². The molecule has 0 aliphatic heterocycles. The van der Waals surface area contributed by atoms with E-state index in [0.717, 1.165) is 0 Å². The first-order valence-electron chi connectivity index (χ1n) is 2.22. The number of carboxylic acids is 1. The van der Waals surface area contributed by atoms with Crippen LogP contribution in [0.1, 0.15) is 6.92 Å². The van der Waals surface area contributed by atoms with Gasteiger partial charge >= 0.3 is 65.1 Å². The second-order valence-corrected chi connectivity index (χ2v) is 3.46. The predicted molar refractivity (Wildman–Crippen MR) is 36.4 cm³/mol. The molecule has 68 valence electrons. The van der Waals surface area contributed by atoms with Crippen LogP contribution >= 0.6 is 0 Å². The molecule has 0 aliphatic rings. The van der Waals surface area contributed by atoms with Crippen molar-refractivity contribution in [2.45, 2.75) is 13.0 Å². The van der Waals surface area contributed by atoms with Crippen LogP contribution < -0.4 is 59.1 Å². The standard InChI is InChI=1S/C3H6O3.2Na.H2O3S2/c1-2(4)3(5)6;;;1-5(2,3)4/h2,4H,1H3,(H,5,6);;;(H2,1,2,3,4)/q;2*+1;/p-2. The summed E-state index contributed by atoms with van der Waals surface area (Å²) in [5.74, 6) is -1.19. The summed E-state index contributed by atoms with van der Waals surface area (Å²) in [7, 11) is -4.33. The molecule has 0 saturated carbocycles. The molecule has 0 radical (unpaired) electrons. The third-order valence-electron chi connectivity index (χ3n) is 0.357. The maximum Gasteiger partial charge on any atom is 1.00 e. The Morgan fingerprint density at radius 2 is 1.54 bits per heavy atom. The van der Waals surface area contributed by atoms with Crippen molar-refractivity contribution in [3.8, 4) is 0 Å². The fourth-order valence-corrected chi connectivity index (χ4v) is 0. The number of hydrogen-bond acceptors (Lipinski definition) is 6. The first-order valence-corrected chi connectivity index (χ1v) is 4.55. The van der Waals surface area contributed by atoms with Crippen LogP contribution in [0.4, 0.5) is 0 Å². The molecule has 2 N–H and O–H groups in total. The number of rotatable bonds is 1. The van der Waals surface area contributed by atoms with Crippen molar-refractivity contribution < 1.29 is 87.4 Å². The maximum absolute atomic E-state index is 9.45. The Bertz CT molecular complexity index is 204. The molecular formula is C3H6Na2O6S2. The number of aliphatic hydroxyl groups excluding tert-OH is 1. The quantitative estimate of drug-likeness (QED) is 0.442. The van der Waals surface area contributed by atoms with Crippen molar-refractivity contribution in [3.05, 3.63) is 0 Å². The van der Waals surface area contributed by atoms with E-state index in [2.05, 4.69) is 11.2 Å². The minimum atomic E-state index is -4.33. The van der Waals surface area contributed by atoms with Crippen molar-refractivity contribution >= 4 is 26.2 Å². The Morgan fingerprint density at radius 1 is 1.46 bits per heavy atom. The second-order valence-electron chi connectivity index (χ2n) is 1.42. The summed E-state index contributed by atoms with van der Waals surface area (Å²) in [5, 5.41) is 15.8.